The van der Waals surface area contributed by atoms with Crippen LogP contribution in [0.25, 0.3) is 0 Å². The number of ketones is 1. The van der Waals surface area contributed by atoms with Gasteiger partial charge in [-0.15, -0.1) is 0 Å². The summed E-state index contributed by atoms with van der Waals surface area (Å²) >= 11 is 0. The molecule has 5 nitrogen and oxygen atoms in total. The Balaban J connectivity index is 3.82. The van der Waals surface area contributed by atoms with E-state index in [0.29, 0.717) is 0 Å². The Morgan fingerprint density at radius 1 is 1.27 bits per heavy atom. The summed E-state index contributed by atoms with van der Waals surface area (Å²) in [6.45, 7) is 4.44. The number of rotatable bonds is 6. The topological polar surface area (TPSA) is 69.7 Å². The molecule has 1 radical (unpaired) electrons. The fourth-order valence-corrected chi connectivity index (χ4v) is 0.925. The predicted octanol–water partition coefficient (Wildman–Crippen LogP) is 0.498. The van der Waals surface area contributed by atoms with Crippen molar-refractivity contribution in [2.45, 2.75) is 39.6 Å². The van der Waals surface area contributed by atoms with Gasteiger partial charge in [0.15, 0.2) is 0 Å². The summed E-state index contributed by atoms with van der Waals surface area (Å²) in [5.41, 5.74) is 0. The maximum Gasteiger partial charge on any atom is 0.370 e. The second kappa shape index (κ2) is 7.03. The first-order valence-corrected chi connectivity index (χ1v) is 4.62. The monoisotopic (exact) mass is 213 g/mol. The lowest BCUT2D eigenvalue weighted by molar-refractivity contribution is -0.152. The van der Waals surface area contributed by atoms with Gasteiger partial charge < -0.3 is 9.39 Å². The molecule has 1 atom stereocenters. The van der Waals surface area contributed by atoms with Crippen LogP contribution < -0.4 is 0 Å². The molecule has 0 aliphatic heterocycles. The Morgan fingerprint density at radius 2 is 1.87 bits per heavy atom. The average molecular weight is 213 g/mol. The van der Waals surface area contributed by atoms with Crippen molar-refractivity contribution in [2.75, 3.05) is 0 Å². The Hall–Kier alpha value is -1.33. The number of carbonyl (C=O) groups is 3. The Bertz CT molecular complexity index is 251. The molecule has 0 aliphatic carbocycles. The van der Waals surface area contributed by atoms with Crippen LogP contribution in [0.15, 0.2) is 0 Å². The zero-order valence-corrected chi connectivity index (χ0v) is 9.11. The largest absolute Gasteiger partial charge is 0.539 e. The summed E-state index contributed by atoms with van der Waals surface area (Å²) < 4.78 is 9.36. The van der Waals surface area contributed by atoms with E-state index in [4.69, 9.17) is 4.74 Å². The van der Waals surface area contributed by atoms with Crippen LogP contribution in [0.1, 0.15) is 26.7 Å². The van der Waals surface area contributed by atoms with E-state index in [1.165, 1.54) is 14.4 Å². The van der Waals surface area contributed by atoms with Gasteiger partial charge in [-0.2, -0.15) is 0 Å². The molecule has 0 saturated carbocycles. The van der Waals surface area contributed by atoms with Crippen molar-refractivity contribution in [2.24, 2.45) is 0 Å². The van der Waals surface area contributed by atoms with Gasteiger partial charge in [-0.1, -0.05) is 6.82 Å². The molecule has 0 rings (SSSR count). The fourth-order valence-electron chi connectivity index (χ4n) is 0.925. The quantitative estimate of drug-likeness (QED) is 0.365. The molecule has 15 heavy (non-hydrogen) atoms. The number of esters is 1. The molecule has 0 saturated heterocycles. The first-order chi connectivity index (χ1) is 6.95. The summed E-state index contributed by atoms with van der Waals surface area (Å²) in [6, 6.07) is 0. The van der Waals surface area contributed by atoms with Crippen LogP contribution >= 0.6 is 0 Å². The van der Waals surface area contributed by atoms with Gasteiger partial charge in [0, 0.05) is 0 Å². The lowest BCUT2D eigenvalue weighted by Crippen LogP contribution is -2.21. The van der Waals surface area contributed by atoms with Gasteiger partial charge in [-0.25, -0.2) is 0 Å². The summed E-state index contributed by atoms with van der Waals surface area (Å²) in [5.74, 6) is -1.36. The van der Waals surface area contributed by atoms with E-state index in [1.54, 1.807) is 13.7 Å². The van der Waals surface area contributed by atoms with Gasteiger partial charge >= 0.3 is 13.5 Å². The van der Waals surface area contributed by atoms with Crippen molar-refractivity contribution in [3.63, 3.8) is 0 Å². The molecule has 0 fully saturated rings. The average Bonchev–Trinajstić information content (AvgIpc) is 2.00. The molecular formula is C9H14BO5. The van der Waals surface area contributed by atoms with Crippen molar-refractivity contribution < 1.29 is 23.8 Å². The normalized spacial score (nSPS) is 11.4. The smallest absolute Gasteiger partial charge is 0.370 e. The van der Waals surface area contributed by atoms with E-state index < -0.39 is 18.0 Å². The molecule has 0 amide bonds. The molecule has 83 valence electrons. The molecule has 0 aromatic carbocycles. The second-order valence-corrected chi connectivity index (χ2v) is 3.11. The minimum absolute atomic E-state index is 0.0199. The molecule has 0 bridgehead atoms. The zero-order chi connectivity index (χ0) is 11.8. The summed E-state index contributed by atoms with van der Waals surface area (Å²) in [5, 5.41) is 0. The Morgan fingerprint density at radius 3 is 2.33 bits per heavy atom. The second-order valence-electron chi connectivity index (χ2n) is 3.11. The van der Waals surface area contributed by atoms with Crippen LogP contribution in [-0.2, 0) is 23.8 Å². The first kappa shape index (κ1) is 13.7. The SMILES string of the molecule is C[B]OC(=O)CC(C)OC(=O)CC(C)=O. The van der Waals surface area contributed by atoms with Gasteiger partial charge in [0.25, 0.3) is 5.97 Å². The van der Waals surface area contributed by atoms with E-state index in [0.717, 1.165) is 0 Å². The van der Waals surface area contributed by atoms with Gasteiger partial charge in [0.1, 0.15) is 18.3 Å². The van der Waals surface area contributed by atoms with Crippen molar-refractivity contribution >= 4 is 25.2 Å². The Labute approximate surface area is 89.4 Å². The fraction of sp³-hybridized carbons (Fsp3) is 0.667. The van der Waals surface area contributed by atoms with Crippen LogP contribution in [0.3, 0.4) is 0 Å². The molecular weight excluding hydrogens is 199 g/mol. The molecule has 0 aromatic heterocycles. The van der Waals surface area contributed by atoms with E-state index in [9.17, 15) is 14.4 Å². The van der Waals surface area contributed by atoms with Gasteiger partial charge in [0.05, 0.1) is 6.42 Å². The van der Waals surface area contributed by atoms with Crippen LogP contribution in [0.4, 0.5) is 0 Å². The van der Waals surface area contributed by atoms with E-state index in [2.05, 4.69) is 4.65 Å². The van der Waals surface area contributed by atoms with Gasteiger partial charge in [-0.05, 0) is 13.8 Å². The lowest BCUT2D eigenvalue weighted by atomic mass is 10.1. The Kier molecular flexibility index (Phi) is 6.41. The maximum absolute atomic E-state index is 11.0. The van der Waals surface area contributed by atoms with Crippen LogP contribution in [-0.4, -0.2) is 31.3 Å². The highest BCUT2D eigenvalue weighted by Crippen LogP contribution is 2.01. The molecule has 0 N–H and O–H groups in total. The van der Waals surface area contributed by atoms with Gasteiger partial charge in [-0.3, -0.25) is 14.4 Å². The number of hydrogen-bond donors (Lipinski definition) is 0. The van der Waals surface area contributed by atoms with Crippen LogP contribution in [0.2, 0.25) is 6.82 Å². The standard InChI is InChI=1S/C9H14BO5/c1-6(11)4-8(12)14-7(2)5-9(13)15-10-3/h7H,4-5H2,1-3H3. The third kappa shape index (κ3) is 7.72. The van der Waals surface area contributed by atoms with Crippen molar-refractivity contribution in [1.82, 2.24) is 0 Å². The molecule has 0 aromatic rings. The molecule has 0 spiro atoms. The predicted molar refractivity (Wildman–Crippen MR) is 53.2 cm³/mol. The first-order valence-electron chi connectivity index (χ1n) is 4.62. The van der Waals surface area contributed by atoms with E-state index >= 15 is 0 Å². The number of Topliss-reactive ketones (excluding diaryl/α,β-unsaturated/α-hetero) is 1. The van der Waals surface area contributed by atoms with Crippen molar-refractivity contribution in [3.05, 3.63) is 0 Å². The van der Waals surface area contributed by atoms with E-state index in [1.807, 2.05) is 0 Å². The summed E-state index contributed by atoms with van der Waals surface area (Å²) in [7, 11) is 1.26. The van der Waals surface area contributed by atoms with Crippen LogP contribution in [0.5, 0.6) is 0 Å². The maximum atomic E-state index is 11.0. The van der Waals surface area contributed by atoms with Crippen molar-refractivity contribution in [1.29, 1.82) is 0 Å². The summed E-state index contributed by atoms with van der Waals surface area (Å²) in [4.78, 5) is 32.5. The molecule has 1 unspecified atom stereocenters. The number of ether oxygens (including phenoxy) is 1. The minimum Gasteiger partial charge on any atom is -0.539 e. The molecule has 0 aliphatic rings. The molecule has 0 heterocycles. The third-order valence-electron chi connectivity index (χ3n) is 1.43. The van der Waals surface area contributed by atoms with Crippen LogP contribution in [0, 0.1) is 0 Å². The number of hydrogen-bond acceptors (Lipinski definition) is 5. The van der Waals surface area contributed by atoms with Gasteiger partial charge in [0.2, 0.25) is 0 Å². The van der Waals surface area contributed by atoms with E-state index in [-0.39, 0.29) is 18.6 Å². The molecule has 6 heteroatoms. The highest BCUT2D eigenvalue weighted by molar-refractivity contribution is 6.28. The van der Waals surface area contributed by atoms with Crippen molar-refractivity contribution in [3.8, 4) is 0 Å². The highest BCUT2D eigenvalue weighted by atomic mass is 16.5. The minimum atomic E-state index is -0.622. The zero-order valence-electron chi connectivity index (χ0n) is 9.11. The third-order valence-corrected chi connectivity index (χ3v) is 1.43. The highest BCUT2D eigenvalue weighted by Gasteiger charge is 2.15. The lowest BCUT2D eigenvalue weighted by Gasteiger charge is -2.11. The summed E-state index contributed by atoms with van der Waals surface area (Å²) in [6.07, 6.45) is -0.864. The number of carbonyl (C=O) groups excluding carboxylic acids is 3.